The number of anilines is 1. The SMILES string of the molecule is CN(C(=O)CN1CC2CCCC(N)C2C1)c1ccccc1. The molecule has 0 aromatic heterocycles. The number of hydrogen-bond donors (Lipinski definition) is 1. The van der Waals surface area contributed by atoms with Crippen LogP contribution in [0.4, 0.5) is 5.69 Å². The summed E-state index contributed by atoms with van der Waals surface area (Å²) in [5, 5.41) is 0. The van der Waals surface area contributed by atoms with Gasteiger partial charge in [0.1, 0.15) is 0 Å². The quantitative estimate of drug-likeness (QED) is 0.920. The van der Waals surface area contributed by atoms with E-state index in [-0.39, 0.29) is 5.91 Å². The molecule has 3 atom stereocenters. The van der Waals surface area contributed by atoms with Gasteiger partial charge in [-0.15, -0.1) is 0 Å². The third-order valence-corrected chi connectivity index (χ3v) is 5.11. The lowest BCUT2D eigenvalue weighted by atomic mass is 9.78. The average Bonchev–Trinajstić information content (AvgIpc) is 2.91. The minimum atomic E-state index is 0.161. The maximum absolute atomic E-state index is 12.4. The highest BCUT2D eigenvalue weighted by molar-refractivity contribution is 5.94. The van der Waals surface area contributed by atoms with Crippen molar-refractivity contribution in [2.24, 2.45) is 17.6 Å². The molecule has 4 nitrogen and oxygen atoms in total. The number of likely N-dealkylation sites (N-methyl/N-ethyl adjacent to an activating group) is 1. The fourth-order valence-corrected chi connectivity index (χ4v) is 3.83. The lowest BCUT2D eigenvalue weighted by molar-refractivity contribution is -0.119. The smallest absolute Gasteiger partial charge is 0.240 e. The molecule has 0 bridgehead atoms. The van der Waals surface area contributed by atoms with Gasteiger partial charge < -0.3 is 10.6 Å². The van der Waals surface area contributed by atoms with Gasteiger partial charge >= 0.3 is 0 Å². The Morgan fingerprint density at radius 1 is 1.29 bits per heavy atom. The molecule has 3 rings (SSSR count). The van der Waals surface area contributed by atoms with E-state index in [4.69, 9.17) is 5.73 Å². The normalized spacial score (nSPS) is 29.1. The number of benzene rings is 1. The van der Waals surface area contributed by atoms with Crippen LogP contribution in [0.15, 0.2) is 30.3 Å². The van der Waals surface area contributed by atoms with Gasteiger partial charge in [-0.05, 0) is 36.8 Å². The summed E-state index contributed by atoms with van der Waals surface area (Å²) in [5.74, 6) is 1.45. The number of para-hydroxylation sites is 1. The molecule has 1 heterocycles. The molecular weight excluding hydrogens is 262 g/mol. The number of hydrogen-bond acceptors (Lipinski definition) is 3. The highest BCUT2D eigenvalue weighted by atomic mass is 16.2. The molecule has 1 aliphatic carbocycles. The summed E-state index contributed by atoms with van der Waals surface area (Å²) in [4.78, 5) is 16.5. The van der Waals surface area contributed by atoms with E-state index in [0.717, 1.165) is 25.2 Å². The molecular formula is C17H25N3O. The number of carbonyl (C=O) groups is 1. The third-order valence-electron chi connectivity index (χ3n) is 5.11. The number of likely N-dealkylation sites (tertiary alicyclic amines) is 1. The molecule has 3 unspecified atom stereocenters. The molecule has 1 aliphatic heterocycles. The molecule has 1 saturated carbocycles. The minimum absolute atomic E-state index is 0.161. The van der Waals surface area contributed by atoms with Crippen molar-refractivity contribution in [3.8, 4) is 0 Å². The van der Waals surface area contributed by atoms with Crippen LogP contribution in [-0.4, -0.2) is 43.5 Å². The van der Waals surface area contributed by atoms with E-state index in [1.54, 1.807) is 4.90 Å². The summed E-state index contributed by atoms with van der Waals surface area (Å²) in [5.41, 5.74) is 7.20. The van der Waals surface area contributed by atoms with Crippen molar-refractivity contribution in [3.63, 3.8) is 0 Å². The Balaban J connectivity index is 1.58. The number of fused-ring (bicyclic) bond motifs is 1. The molecule has 2 fully saturated rings. The Morgan fingerprint density at radius 2 is 2.05 bits per heavy atom. The largest absolute Gasteiger partial charge is 0.327 e. The predicted octanol–water partition coefficient (Wildman–Crippen LogP) is 1.71. The number of carbonyl (C=O) groups excluding carboxylic acids is 1. The second-order valence-corrected chi connectivity index (χ2v) is 6.50. The van der Waals surface area contributed by atoms with Crippen LogP contribution in [0.25, 0.3) is 0 Å². The lowest BCUT2D eigenvalue weighted by Gasteiger charge is -2.29. The van der Waals surface area contributed by atoms with Crippen LogP contribution in [0.1, 0.15) is 19.3 Å². The first kappa shape index (κ1) is 14.5. The van der Waals surface area contributed by atoms with Crippen molar-refractivity contribution in [2.75, 3.05) is 31.6 Å². The molecule has 0 radical (unpaired) electrons. The van der Waals surface area contributed by atoms with Gasteiger partial charge in [-0.2, -0.15) is 0 Å². The van der Waals surface area contributed by atoms with Gasteiger partial charge in [0.15, 0.2) is 0 Å². The van der Waals surface area contributed by atoms with E-state index in [9.17, 15) is 4.79 Å². The number of nitrogens with two attached hydrogens (primary N) is 1. The van der Waals surface area contributed by atoms with Crippen LogP contribution < -0.4 is 10.6 Å². The van der Waals surface area contributed by atoms with Crippen molar-refractivity contribution in [3.05, 3.63) is 30.3 Å². The second kappa shape index (κ2) is 6.16. The Labute approximate surface area is 126 Å². The monoisotopic (exact) mass is 287 g/mol. The number of rotatable bonds is 3. The topological polar surface area (TPSA) is 49.6 Å². The first-order chi connectivity index (χ1) is 10.1. The zero-order valence-electron chi connectivity index (χ0n) is 12.7. The fraction of sp³-hybridized carbons (Fsp3) is 0.588. The number of nitrogens with zero attached hydrogens (tertiary/aromatic N) is 2. The lowest BCUT2D eigenvalue weighted by Crippen LogP contribution is -2.39. The average molecular weight is 287 g/mol. The summed E-state index contributed by atoms with van der Waals surface area (Å²) < 4.78 is 0. The highest BCUT2D eigenvalue weighted by Crippen LogP contribution is 2.35. The first-order valence-electron chi connectivity index (χ1n) is 7.94. The van der Waals surface area contributed by atoms with E-state index in [0.29, 0.717) is 24.4 Å². The van der Waals surface area contributed by atoms with Crippen molar-refractivity contribution in [2.45, 2.75) is 25.3 Å². The fourth-order valence-electron chi connectivity index (χ4n) is 3.83. The Hall–Kier alpha value is -1.39. The molecule has 114 valence electrons. The molecule has 21 heavy (non-hydrogen) atoms. The van der Waals surface area contributed by atoms with Crippen molar-refractivity contribution >= 4 is 11.6 Å². The van der Waals surface area contributed by atoms with Gasteiger partial charge in [0.25, 0.3) is 0 Å². The van der Waals surface area contributed by atoms with Gasteiger partial charge in [-0.3, -0.25) is 9.69 Å². The second-order valence-electron chi connectivity index (χ2n) is 6.50. The predicted molar refractivity (Wildman–Crippen MR) is 85.1 cm³/mol. The van der Waals surface area contributed by atoms with Crippen LogP contribution in [0.2, 0.25) is 0 Å². The zero-order chi connectivity index (χ0) is 14.8. The Kier molecular flexibility index (Phi) is 4.27. The highest BCUT2D eigenvalue weighted by Gasteiger charge is 2.39. The van der Waals surface area contributed by atoms with Crippen LogP contribution in [0.5, 0.6) is 0 Å². The summed E-state index contributed by atoms with van der Waals surface area (Å²) in [7, 11) is 1.85. The zero-order valence-corrected chi connectivity index (χ0v) is 12.7. The standard InChI is InChI=1S/C17H25N3O/c1-19(14-7-3-2-4-8-14)17(21)12-20-10-13-6-5-9-16(18)15(13)11-20/h2-4,7-8,13,15-16H,5-6,9-12,18H2,1H3. The maximum Gasteiger partial charge on any atom is 0.240 e. The van der Waals surface area contributed by atoms with E-state index in [2.05, 4.69) is 4.90 Å². The summed E-state index contributed by atoms with van der Waals surface area (Å²) in [6.07, 6.45) is 3.67. The Morgan fingerprint density at radius 3 is 2.76 bits per heavy atom. The van der Waals surface area contributed by atoms with Gasteiger partial charge in [-0.25, -0.2) is 0 Å². The van der Waals surface area contributed by atoms with Gasteiger partial charge in [0.05, 0.1) is 6.54 Å². The van der Waals surface area contributed by atoms with Crippen LogP contribution in [0.3, 0.4) is 0 Å². The minimum Gasteiger partial charge on any atom is -0.327 e. The molecule has 1 aromatic carbocycles. The van der Waals surface area contributed by atoms with E-state index >= 15 is 0 Å². The van der Waals surface area contributed by atoms with Crippen molar-refractivity contribution < 1.29 is 4.79 Å². The van der Waals surface area contributed by atoms with E-state index in [1.807, 2.05) is 37.4 Å². The van der Waals surface area contributed by atoms with Crippen molar-refractivity contribution in [1.82, 2.24) is 4.90 Å². The molecule has 1 amide bonds. The van der Waals surface area contributed by atoms with Gasteiger partial charge in [0.2, 0.25) is 5.91 Å². The van der Waals surface area contributed by atoms with E-state index < -0.39 is 0 Å². The maximum atomic E-state index is 12.4. The Bertz CT molecular complexity index is 490. The third kappa shape index (κ3) is 3.11. The molecule has 1 saturated heterocycles. The summed E-state index contributed by atoms with van der Waals surface area (Å²) >= 11 is 0. The molecule has 1 aromatic rings. The van der Waals surface area contributed by atoms with Gasteiger partial charge in [-0.1, -0.05) is 24.6 Å². The summed E-state index contributed by atoms with van der Waals surface area (Å²) in [6, 6.07) is 10.2. The van der Waals surface area contributed by atoms with Gasteiger partial charge in [0, 0.05) is 31.9 Å². The summed E-state index contributed by atoms with van der Waals surface area (Å²) in [6.45, 7) is 2.53. The molecule has 0 spiro atoms. The molecule has 4 heteroatoms. The van der Waals surface area contributed by atoms with Crippen LogP contribution >= 0.6 is 0 Å². The van der Waals surface area contributed by atoms with Crippen LogP contribution in [-0.2, 0) is 4.79 Å². The number of amides is 1. The van der Waals surface area contributed by atoms with Crippen LogP contribution in [0, 0.1) is 11.8 Å². The van der Waals surface area contributed by atoms with E-state index in [1.165, 1.54) is 12.8 Å². The molecule has 2 aliphatic rings. The molecule has 2 N–H and O–H groups in total. The van der Waals surface area contributed by atoms with Crippen molar-refractivity contribution in [1.29, 1.82) is 0 Å². The first-order valence-corrected chi connectivity index (χ1v) is 7.94.